The molecule has 1 heterocycles. The van der Waals surface area contributed by atoms with Gasteiger partial charge in [-0.25, -0.2) is 0 Å². The summed E-state index contributed by atoms with van der Waals surface area (Å²) in [7, 11) is 0. The molecule has 6 heteroatoms. The Morgan fingerprint density at radius 3 is 2.55 bits per heavy atom. The van der Waals surface area contributed by atoms with Crippen LogP contribution in [-0.2, 0) is 6.54 Å². The van der Waals surface area contributed by atoms with Crippen molar-refractivity contribution in [2.45, 2.75) is 38.6 Å². The Morgan fingerprint density at radius 1 is 0.968 bits per heavy atom. The van der Waals surface area contributed by atoms with Crippen LogP contribution in [0.2, 0.25) is 0 Å². The Balaban J connectivity index is 1.63. The highest BCUT2D eigenvalue weighted by atomic mass is 16.3. The lowest BCUT2D eigenvalue weighted by Gasteiger charge is -2.17. The number of fused-ring (bicyclic) bond motifs is 1. The summed E-state index contributed by atoms with van der Waals surface area (Å²) in [5.74, 6) is -0.0340. The van der Waals surface area contributed by atoms with Gasteiger partial charge in [0.15, 0.2) is 11.5 Å². The lowest BCUT2D eigenvalue weighted by molar-refractivity contribution is 0.403. The maximum atomic E-state index is 12.3. The number of aromatic nitrogens is 1. The monoisotopic (exact) mass is 418 g/mol. The van der Waals surface area contributed by atoms with Gasteiger partial charge in [0.25, 0.3) is 5.56 Å². The number of rotatable bonds is 5. The van der Waals surface area contributed by atoms with Gasteiger partial charge in [-0.05, 0) is 54.2 Å². The van der Waals surface area contributed by atoms with Crippen molar-refractivity contribution < 1.29 is 15.3 Å². The number of aromatic hydroxyl groups is 3. The van der Waals surface area contributed by atoms with Crippen LogP contribution >= 0.6 is 0 Å². The number of nitrogens with zero attached hydrogens (tertiary/aromatic N) is 1. The van der Waals surface area contributed by atoms with Gasteiger partial charge in [0.05, 0.1) is 12.1 Å². The zero-order valence-electron chi connectivity index (χ0n) is 17.2. The van der Waals surface area contributed by atoms with E-state index in [0.717, 1.165) is 5.56 Å². The lowest BCUT2D eigenvalue weighted by atomic mass is 9.88. The summed E-state index contributed by atoms with van der Waals surface area (Å²) in [5, 5.41) is 30.5. The molecule has 0 atom stereocenters. The number of phenolic OH excluding ortho intramolecular Hbond substituents is 2. The molecule has 4 N–H and O–H groups in total. The van der Waals surface area contributed by atoms with Gasteiger partial charge < -0.3 is 15.3 Å². The smallest absolute Gasteiger partial charge is 0.258 e. The third kappa shape index (κ3) is 4.79. The SMILES string of the molecule is O=c1[nH]c(O)c(C=NCc2ccc(O)c(O)c2)c2cc(/C=C/C3CCCCC3)ccc12. The maximum Gasteiger partial charge on any atom is 0.258 e. The Kier molecular flexibility index (Phi) is 6.07. The number of benzene rings is 2. The molecule has 0 saturated heterocycles. The molecule has 0 spiro atoms. The second kappa shape index (κ2) is 9.08. The van der Waals surface area contributed by atoms with Crippen LogP contribution in [0.5, 0.6) is 17.4 Å². The van der Waals surface area contributed by atoms with E-state index in [1.54, 1.807) is 12.1 Å². The highest BCUT2D eigenvalue weighted by Gasteiger charge is 2.12. The maximum absolute atomic E-state index is 12.3. The molecule has 0 bridgehead atoms. The minimum Gasteiger partial charge on any atom is -0.504 e. The summed E-state index contributed by atoms with van der Waals surface area (Å²) < 4.78 is 0. The van der Waals surface area contributed by atoms with Crippen molar-refractivity contribution in [2.75, 3.05) is 0 Å². The molecule has 0 aliphatic heterocycles. The second-order valence-corrected chi connectivity index (χ2v) is 8.07. The first-order chi connectivity index (χ1) is 15.0. The number of aliphatic imine (C=N–C) groups is 1. The van der Waals surface area contributed by atoms with Crippen LogP contribution in [-0.4, -0.2) is 26.5 Å². The van der Waals surface area contributed by atoms with Crippen molar-refractivity contribution in [3.05, 3.63) is 69.5 Å². The molecule has 160 valence electrons. The molecule has 1 aliphatic carbocycles. The number of aromatic amines is 1. The lowest BCUT2D eigenvalue weighted by Crippen LogP contribution is -2.08. The highest BCUT2D eigenvalue weighted by Crippen LogP contribution is 2.27. The normalized spacial score (nSPS) is 15.4. The molecular formula is C25H26N2O4. The minimum absolute atomic E-state index is 0.189. The van der Waals surface area contributed by atoms with Gasteiger partial charge in [-0.1, -0.05) is 43.5 Å². The van der Waals surface area contributed by atoms with Gasteiger partial charge in [0.2, 0.25) is 5.88 Å². The zero-order valence-corrected chi connectivity index (χ0v) is 17.2. The van der Waals surface area contributed by atoms with E-state index in [9.17, 15) is 20.1 Å². The molecule has 0 radical (unpaired) electrons. The van der Waals surface area contributed by atoms with Gasteiger partial charge >= 0.3 is 0 Å². The molecule has 6 nitrogen and oxygen atoms in total. The van der Waals surface area contributed by atoms with Crippen molar-refractivity contribution in [2.24, 2.45) is 10.9 Å². The topological polar surface area (TPSA) is 106 Å². The molecule has 0 amide bonds. The van der Waals surface area contributed by atoms with Crippen LogP contribution in [0.1, 0.15) is 48.8 Å². The van der Waals surface area contributed by atoms with Gasteiger partial charge in [0.1, 0.15) is 0 Å². The van der Waals surface area contributed by atoms with Gasteiger partial charge in [0, 0.05) is 17.0 Å². The number of H-pyrrole nitrogens is 1. The van der Waals surface area contributed by atoms with Crippen molar-refractivity contribution in [3.8, 4) is 17.4 Å². The first-order valence-corrected chi connectivity index (χ1v) is 10.6. The molecule has 0 unspecified atom stereocenters. The van der Waals surface area contributed by atoms with E-state index in [1.165, 1.54) is 50.5 Å². The minimum atomic E-state index is -0.351. The standard InChI is InChI=1S/C25H26N2O4/c28-22-11-9-18(13-23(22)29)14-26-15-21-20-12-17(7-6-16-4-2-1-3-5-16)8-10-19(20)24(30)27-25(21)31/h6-13,15-16,28-29H,1-5,14H2,(H2,27,30,31)/b7-6+,26-15?. The van der Waals surface area contributed by atoms with E-state index in [0.29, 0.717) is 27.8 Å². The van der Waals surface area contributed by atoms with Crippen LogP contribution in [0.3, 0.4) is 0 Å². The zero-order chi connectivity index (χ0) is 21.8. The largest absolute Gasteiger partial charge is 0.504 e. The summed E-state index contributed by atoms with van der Waals surface area (Å²) in [4.78, 5) is 19.1. The summed E-state index contributed by atoms with van der Waals surface area (Å²) >= 11 is 0. The molecule has 1 aliphatic rings. The van der Waals surface area contributed by atoms with E-state index in [1.807, 2.05) is 12.1 Å². The molecule has 1 fully saturated rings. The summed E-state index contributed by atoms with van der Waals surface area (Å²) in [6.07, 6.45) is 12.2. The van der Waals surface area contributed by atoms with Crippen LogP contribution < -0.4 is 5.56 Å². The predicted molar refractivity (Wildman–Crippen MR) is 123 cm³/mol. The van der Waals surface area contributed by atoms with Gasteiger partial charge in [-0.3, -0.25) is 14.8 Å². The summed E-state index contributed by atoms with van der Waals surface area (Å²) in [6.45, 7) is 0.245. The van der Waals surface area contributed by atoms with E-state index in [2.05, 4.69) is 22.1 Å². The molecule has 1 aromatic heterocycles. The summed E-state index contributed by atoms with van der Waals surface area (Å²) in [6, 6.07) is 10.1. The first-order valence-electron chi connectivity index (χ1n) is 10.6. The van der Waals surface area contributed by atoms with Crippen LogP contribution in [0.15, 0.2) is 52.3 Å². The molecule has 31 heavy (non-hydrogen) atoms. The Morgan fingerprint density at radius 2 is 1.77 bits per heavy atom. The van der Waals surface area contributed by atoms with E-state index < -0.39 is 0 Å². The third-order valence-corrected chi connectivity index (χ3v) is 5.81. The Labute approximate surface area is 180 Å². The molecular weight excluding hydrogens is 392 g/mol. The summed E-state index contributed by atoms with van der Waals surface area (Å²) in [5.41, 5.74) is 1.76. The van der Waals surface area contributed by atoms with Crippen LogP contribution in [0, 0.1) is 5.92 Å². The predicted octanol–water partition coefficient (Wildman–Crippen LogP) is 4.86. The fraction of sp³-hybridized carbons (Fsp3) is 0.280. The van der Waals surface area contributed by atoms with Crippen molar-refractivity contribution in [1.29, 1.82) is 0 Å². The van der Waals surface area contributed by atoms with Crippen molar-refractivity contribution >= 4 is 23.1 Å². The Hall–Kier alpha value is -3.54. The average Bonchev–Trinajstić information content (AvgIpc) is 2.77. The van der Waals surface area contributed by atoms with Crippen molar-refractivity contribution in [3.63, 3.8) is 0 Å². The number of phenols is 2. The number of nitrogens with one attached hydrogen (secondary N) is 1. The van der Waals surface area contributed by atoms with Gasteiger partial charge in [-0.15, -0.1) is 0 Å². The second-order valence-electron chi connectivity index (χ2n) is 8.07. The molecule has 3 aromatic rings. The van der Waals surface area contributed by atoms with E-state index >= 15 is 0 Å². The highest BCUT2D eigenvalue weighted by molar-refractivity contribution is 6.02. The van der Waals surface area contributed by atoms with Crippen LogP contribution in [0.4, 0.5) is 0 Å². The third-order valence-electron chi connectivity index (χ3n) is 5.81. The average molecular weight is 418 g/mol. The fourth-order valence-electron chi connectivity index (χ4n) is 4.07. The van der Waals surface area contributed by atoms with Gasteiger partial charge in [-0.2, -0.15) is 0 Å². The van der Waals surface area contributed by atoms with E-state index in [-0.39, 0.29) is 29.5 Å². The van der Waals surface area contributed by atoms with Crippen LogP contribution in [0.25, 0.3) is 16.8 Å². The van der Waals surface area contributed by atoms with E-state index in [4.69, 9.17) is 0 Å². The molecule has 4 rings (SSSR count). The molecule has 2 aromatic carbocycles. The van der Waals surface area contributed by atoms with Crippen molar-refractivity contribution in [1.82, 2.24) is 4.98 Å². The number of pyridine rings is 1. The Bertz CT molecular complexity index is 1200. The number of hydrogen-bond acceptors (Lipinski definition) is 5. The number of allylic oxidation sites excluding steroid dienone is 1. The molecule has 1 saturated carbocycles. The quantitative estimate of drug-likeness (QED) is 0.351. The first kappa shape index (κ1) is 20.7. The number of hydrogen-bond donors (Lipinski definition) is 4. The fourth-order valence-corrected chi connectivity index (χ4v) is 4.07.